The molecular weight excluding hydrogens is 1900 g/mol. The Morgan fingerprint density at radius 1 is 0.458 bits per heavy atom. The summed E-state index contributed by atoms with van der Waals surface area (Å²) in [5.41, 5.74) is 23.1. The number of hydrogen-bond acceptors (Lipinski definition) is 8. The van der Waals surface area contributed by atoms with Crippen molar-refractivity contribution in [2.45, 2.75) is 89.0 Å². The van der Waals surface area contributed by atoms with Gasteiger partial charge in [-0.25, -0.2) is 4.39 Å². The van der Waals surface area contributed by atoms with Gasteiger partial charge in [0.15, 0.2) is 11.6 Å². The summed E-state index contributed by atoms with van der Waals surface area (Å²) in [4.78, 5) is 38.5. The summed E-state index contributed by atoms with van der Waals surface area (Å²) < 4.78 is 13.0. The molecule has 0 saturated heterocycles. The molecule has 0 atom stereocenters. The van der Waals surface area contributed by atoms with Crippen LogP contribution in [0, 0.1) is 71.6 Å². The van der Waals surface area contributed by atoms with Crippen LogP contribution >= 0.6 is 0 Å². The average Bonchev–Trinajstić information content (AvgIpc) is 1.08. The summed E-state index contributed by atoms with van der Waals surface area (Å²) in [7, 11) is 0. The Hall–Kier alpha value is -8.17. The number of fused-ring (bicyclic) bond motifs is 2. The number of halogens is 1. The summed E-state index contributed by atoms with van der Waals surface area (Å²) in [5.74, 6) is 0.156. The maximum Gasteiger partial charge on any atom is 0.155 e. The number of aliphatic hydroxyl groups is 2. The molecule has 0 saturated carbocycles. The van der Waals surface area contributed by atoms with Crippen LogP contribution < -0.4 is 0 Å². The standard InChI is InChI=1S/C20H18N.C19H15FN.2C17H14N.2C5H8O2.4Ir/c1-15(2)19-11-12-20(21-14-19)18-10-6-9-17(13-18)16-7-4-3-5-8-16;1-13-10-11-21-19(14(13)2)17-5-3-4-16(12-17)15-6-8-18(20)9-7-15;1-12-7-9-15(13(2)11-12)17-10-8-14-5-3-4-6-16(14)18-17;1-12-7-8-15(11-13(12)2)17-10-9-14-5-3-4-6-16(14)18-17;2*1-4(6)3-5(2)7;;;;/h3-9,11-15H,1-2H3;3-4,6-12H,1-2H3;3-8,10-11H,1-2H3;3-7,9-11H,1-2H3;2*3,6H,1-2H3;;;;/q4*-1;;;;;;. The van der Waals surface area contributed by atoms with E-state index in [1.54, 1.807) is 12.1 Å². The number of pyridine rings is 4. The molecule has 4 radical (unpaired) electrons. The van der Waals surface area contributed by atoms with Gasteiger partial charge in [0.1, 0.15) is 5.82 Å². The fourth-order valence-corrected chi connectivity index (χ4v) is 9.52. The molecule has 4 aromatic heterocycles. The SMILES string of the molecule is CC(=O)C=C(C)O.CC(=O)C=C(C)O.CC(C)c1ccc(-c2[c-]ccc(-c3ccccc3)c2)nc1.Cc1c[c-]c(-c2ccc3ccccc3n2)c(C)c1.Cc1c[c-]c(-c2ccc3ccccc3n2)cc1C.Cc1ccnc(-c2[c-]ccc(-c3ccc(F)cc3)c2)c1C.[Ir].[Ir].[Ir].[Ir]. The zero-order chi connectivity index (χ0) is 66.3. The quantitative estimate of drug-likeness (QED) is 0.0831. The Kier molecular flexibility index (Phi) is 35.1. The van der Waals surface area contributed by atoms with E-state index in [9.17, 15) is 14.0 Å². The van der Waals surface area contributed by atoms with Crippen molar-refractivity contribution in [3.05, 3.63) is 311 Å². The Bertz CT molecular complexity index is 4480. The van der Waals surface area contributed by atoms with Gasteiger partial charge in [0.2, 0.25) is 0 Å². The predicted molar refractivity (Wildman–Crippen MR) is 377 cm³/mol. The van der Waals surface area contributed by atoms with Crippen LogP contribution in [-0.4, -0.2) is 41.7 Å². The van der Waals surface area contributed by atoms with Crippen LogP contribution in [0.4, 0.5) is 4.39 Å². The van der Waals surface area contributed by atoms with E-state index in [0.29, 0.717) is 5.92 Å². The number of carbonyl (C=O) groups excluding carboxylic acids is 2. The van der Waals surface area contributed by atoms with Crippen molar-refractivity contribution in [2.75, 3.05) is 0 Å². The number of allylic oxidation sites excluding steroid dienone is 4. The Morgan fingerprint density at radius 3 is 1.49 bits per heavy atom. The molecule has 8 aromatic carbocycles. The van der Waals surface area contributed by atoms with Gasteiger partial charge in [0, 0.05) is 105 Å². The monoisotopic (exact) mass is 1980 g/mol. The van der Waals surface area contributed by atoms with Crippen molar-refractivity contribution in [1.82, 2.24) is 19.9 Å². The number of hydrogen-bond donors (Lipinski definition) is 2. The second kappa shape index (κ2) is 41.0. The number of aryl methyl sites for hydroxylation is 5. The molecule has 0 aliphatic carbocycles. The van der Waals surface area contributed by atoms with Crippen molar-refractivity contribution < 1.29 is 105 Å². The first-order valence-corrected chi connectivity index (χ1v) is 30.3. The van der Waals surface area contributed by atoms with Crippen LogP contribution in [0.1, 0.15) is 86.4 Å². The van der Waals surface area contributed by atoms with E-state index in [0.717, 1.165) is 72.8 Å². The summed E-state index contributed by atoms with van der Waals surface area (Å²) in [6.45, 7) is 22.6. The van der Waals surface area contributed by atoms with Gasteiger partial charge in [0.25, 0.3) is 0 Å². The van der Waals surface area contributed by atoms with Crippen LogP contribution in [0.3, 0.4) is 0 Å². The minimum absolute atomic E-state index is 0. The van der Waals surface area contributed by atoms with Gasteiger partial charge in [-0.15, -0.1) is 141 Å². The molecule has 0 spiro atoms. The van der Waals surface area contributed by atoms with Gasteiger partial charge >= 0.3 is 0 Å². The van der Waals surface area contributed by atoms with Crippen LogP contribution in [0.5, 0.6) is 0 Å². The molecule has 0 aliphatic rings. The van der Waals surface area contributed by atoms with Gasteiger partial charge < -0.3 is 20.2 Å². The van der Waals surface area contributed by atoms with Gasteiger partial charge in [-0.3, -0.25) is 19.6 Å². The zero-order valence-corrected chi connectivity index (χ0v) is 65.3. The Labute approximate surface area is 620 Å². The number of carbonyl (C=O) groups is 2. The third-order valence-corrected chi connectivity index (χ3v) is 14.6. The maximum atomic E-state index is 13.0. The zero-order valence-electron chi connectivity index (χ0n) is 55.7. The third kappa shape index (κ3) is 25.4. The molecule has 96 heavy (non-hydrogen) atoms. The smallest absolute Gasteiger partial charge is 0.155 e. The molecule has 0 unspecified atom stereocenters. The average molecular weight is 1980 g/mol. The van der Waals surface area contributed by atoms with Crippen molar-refractivity contribution in [2.24, 2.45) is 0 Å². The van der Waals surface area contributed by atoms with Gasteiger partial charge in [-0.1, -0.05) is 168 Å². The second-order valence-electron chi connectivity index (χ2n) is 22.6. The predicted octanol–water partition coefficient (Wildman–Crippen LogP) is 21.0. The molecule has 0 amide bonds. The molecule has 8 nitrogen and oxygen atoms in total. The number of rotatable bonds is 9. The Balaban J connectivity index is 0.000000309. The van der Waals surface area contributed by atoms with E-state index >= 15 is 0 Å². The summed E-state index contributed by atoms with van der Waals surface area (Å²) in [6.07, 6.45) is 6.11. The van der Waals surface area contributed by atoms with Gasteiger partial charge in [-0.05, 0) is 128 Å². The molecule has 0 aliphatic heterocycles. The first kappa shape index (κ1) is 82.1. The van der Waals surface area contributed by atoms with Gasteiger partial charge in [0.05, 0.1) is 22.6 Å². The molecule has 12 aromatic rings. The molecule has 12 rings (SSSR count). The topological polar surface area (TPSA) is 126 Å². The molecule has 13 heteroatoms. The molecule has 500 valence electrons. The van der Waals surface area contributed by atoms with E-state index < -0.39 is 0 Å². The number of ketones is 2. The maximum absolute atomic E-state index is 13.0. The largest absolute Gasteiger partial charge is 0.512 e. The van der Waals surface area contributed by atoms with E-state index in [1.807, 2.05) is 97.3 Å². The van der Waals surface area contributed by atoms with Crippen LogP contribution in [0.15, 0.2) is 242 Å². The first-order valence-electron chi connectivity index (χ1n) is 30.3. The summed E-state index contributed by atoms with van der Waals surface area (Å²) in [6, 6.07) is 81.4. The van der Waals surface area contributed by atoms with Gasteiger partial charge in [-0.2, -0.15) is 0 Å². The van der Waals surface area contributed by atoms with E-state index in [-0.39, 0.29) is 109 Å². The summed E-state index contributed by atoms with van der Waals surface area (Å²) >= 11 is 0. The number of nitrogens with zero attached hydrogens (tertiary/aromatic N) is 4. The van der Waals surface area contributed by atoms with Crippen LogP contribution in [0.25, 0.3) is 89.1 Å². The van der Waals surface area contributed by atoms with E-state index in [1.165, 1.54) is 107 Å². The first-order chi connectivity index (χ1) is 44.1. The third-order valence-electron chi connectivity index (χ3n) is 14.6. The second-order valence-corrected chi connectivity index (χ2v) is 22.6. The fourth-order valence-electron chi connectivity index (χ4n) is 9.52. The number of para-hydroxylation sites is 2. The number of aromatic nitrogens is 4. The van der Waals surface area contributed by atoms with E-state index in [2.05, 4.69) is 192 Å². The van der Waals surface area contributed by atoms with Crippen molar-refractivity contribution in [3.63, 3.8) is 0 Å². The molecule has 0 bridgehead atoms. The van der Waals surface area contributed by atoms with Crippen LogP contribution in [-0.2, 0) is 90.0 Å². The van der Waals surface area contributed by atoms with Crippen molar-refractivity contribution in [1.29, 1.82) is 0 Å². The fraction of sp³-hybridized carbons (Fsp3) is 0.157. The van der Waals surface area contributed by atoms with Crippen molar-refractivity contribution >= 4 is 33.4 Å². The summed E-state index contributed by atoms with van der Waals surface area (Å²) in [5, 5.41) is 19.1. The molecule has 0 fully saturated rings. The minimum atomic E-state index is -0.224. The van der Waals surface area contributed by atoms with Crippen molar-refractivity contribution in [3.8, 4) is 67.3 Å². The normalized spacial score (nSPS) is 10.4. The minimum Gasteiger partial charge on any atom is -0.512 e. The Morgan fingerprint density at radius 2 is 0.969 bits per heavy atom. The number of benzene rings is 8. The molecule has 4 heterocycles. The molecule has 2 N–H and O–H groups in total. The van der Waals surface area contributed by atoms with Crippen LogP contribution in [0.2, 0.25) is 0 Å². The van der Waals surface area contributed by atoms with E-state index in [4.69, 9.17) is 15.2 Å². The number of aliphatic hydroxyl groups excluding tert-OH is 2. The molecular formula is C83H77FIr4N4O4-4.